The molecule has 0 atom stereocenters. The first-order chi connectivity index (χ1) is 12.7. The van der Waals surface area contributed by atoms with E-state index in [0.29, 0.717) is 17.8 Å². The zero-order chi connectivity index (χ0) is 17.9. The van der Waals surface area contributed by atoms with E-state index >= 15 is 0 Å². The van der Waals surface area contributed by atoms with Crippen LogP contribution in [0.5, 0.6) is 0 Å². The Morgan fingerprint density at radius 1 is 1.08 bits per heavy atom. The Morgan fingerprint density at radius 3 is 2.73 bits per heavy atom. The number of imidazole rings is 1. The topological polar surface area (TPSA) is 85.6 Å². The molecule has 0 bridgehead atoms. The number of fused-ring (bicyclic) bond motifs is 1. The number of nitrogens with one attached hydrogen (secondary N) is 1. The highest BCUT2D eigenvalue weighted by atomic mass is 16.1. The molecule has 0 saturated heterocycles. The first kappa shape index (κ1) is 15.9. The van der Waals surface area contributed by atoms with Crippen LogP contribution in [0.2, 0.25) is 0 Å². The normalized spacial score (nSPS) is 10.8. The van der Waals surface area contributed by atoms with Gasteiger partial charge in [0.1, 0.15) is 17.3 Å². The number of pyridine rings is 1. The average molecular weight is 344 g/mol. The van der Waals surface area contributed by atoms with Crippen LogP contribution < -0.4 is 5.32 Å². The van der Waals surface area contributed by atoms with E-state index in [0.717, 1.165) is 22.7 Å². The standard InChI is InChI=1S/C19H16N6O/c1-13-20-8-9-25(13)18-10-14(6-7-21-18)11-23-19(26)17-12-22-15-4-2-3-5-16(15)24-17/h2-10,12H,11H2,1H3,(H,23,26). The summed E-state index contributed by atoms with van der Waals surface area (Å²) in [6, 6.07) is 11.2. The number of carbonyl (C=O) groups excluding carboxylic acids is 1. The molecule has 0 aliphatic heterocycles. The van der Waals surface area contributed by atoms with Crippen LogP contribution in [0.3, 0.4) is 0 Å². The molecule has 0 spiro atoms. The molecule has 0 unspecified atom stereocenters. The Bertz CT molecular complexity index is 1090. The predicted octanol–water partition coefficient (Wildman–Crippen LogP) is 2.45. The van der Waals surface area contributed by atoms with Crippen molar-refractivity contribution in [2.45, 2.75) is 13.5 Å². The summed E-state index contributed by atoms with van der Waals surface area (Å²) >= 11 is 0. The highest BCUT2D eigenvalue weighted by Crippen LogP contribution is 2.11. The second-order valence-electron chi connectivity index (χ2n) is 5.79. The molecule has 7 heteroatoms. The van der Waals surface area contributed by atoms with Gasteiger partial charge in [0, 0.05) is 25.1 Å². The first-order valence-electron chi connectivity index (χ1n) is 8.16. The van der Waals surface area contributed by atoms with Gasteiger partial charge >= 0.3 is 0 Å². The first-order valence-corrected chi connectivity index (χ1v) is 8.16. The van der Waals surface area contributed by atoms with Gasteiger partial charge < -0.3 is 5.32 Å². The van der Waals surface area contributed by atoms with Gasteiger partial charge in [-0.3, -0.25) is 14.3 Å². The van der Waals surface area contributed by atoms with Gasteiger partial charge in [0.25, 0.3) is 5.91 Å². The van der Waals surface area contributed by atoms with Crippen LogP contribution in [0.25, 0.3) is 16.9 Å². The van der Waals surface area contributed by atoms with Gasteiger partial charge in [-0.2, -0.15) is 0 Å². The van der Waals surface area contributed by atoms with Gasteiger partial charge in [0.2, 0.25) is 0 Å². The molecule has 3 aromatic heterocycles. The van der Waals surface area contributed by atoms with Gasteiger partial charge in [-0.25, -0.2) is 15.0 Å². The Hall–Kier alpha value is -3.61. The predicted molar refractivity (Wildman–Crippen MR) is 96.8 cm³/mol. The highest BCUT2D eigenvalue weighted by molar-refractivity contribution is 5.93. The van der Waals surface area contributed by atoms with Crippen molar-refractivity contribution in [1.29, 1.82) is 0 Å². The summed E-state index contributed by atoms with van der Waals surface area (Å²) in [7, 11) is 0. The molecular weight excluding hydrogens is 328 g/mol. The molecule has 1 aromatic carbocycles. The molecule has 0 aliphatic rings. The van der Waals surface area contributed by atoms with Gasteiger partial charge in [-0.1, -0.05) is 12.1 Å². The number of rotatable bonds is 4. The van der Waals surface area contributed by atoms with E-state index < -0.39 is 0 Å². The summed E-state index contributed by atoms with van der Waals surface area (Å²) < 4.78 is 1.89. The lowest BCUT2D eigenvalue weighted by Gasteiger charge is -2.08. The van der Waals surface area contributed by atoms with E-state index in [1.807, 2.05) is 54.1 Å². The number of nitrogens with zero attached hydrogens (tertiary/aromatic N) is 5. The van der Waals surface area contributed by atoms with Crippen molar-refractivity contribution in [3.05, 3.63) is 78.3 Å². The molecule has 1 amide bonds. The van der Waals surface area contributed by atoms with Crippen LogP contribution in [0.4, 0.5) is 0 Å². The molecule has 3 heterocycles. The number of aryl methyl sites for hydroxylation is 1. The maximum Gasteiger partial charge on any atom is 0.271 e. The molecule has 128 valence electrons. The second-order valence-corrected chi connectivity index (χ2v) is 5.79. The van der Waals surface area contributed by atoms with E-state index in [2.05, 4.69) is 25.3 Å². The van der Waals surface area contributed by atoms with E-state index in [1.54, 1.807) is 12.4 Å². The van der Waals surface area contributed by atoms with Crippen molar-refractivity contribution in [3.8, 4) is 5.82 Å². The van der Waals surface area contributed by atoms with E-state index in [4.69, 9.17) is 0 Å². The molecule has 0 fully saturated rings. The SMILES string of the molecule is Cc1nccn1-c1cc(CNC(=O)c2cnc3ccccc3n2)ccn1. The summed E-state index contributed by atoms with van der Waals surface area (Å²) in [4.78, 5) is 29.6. The second kappa shape index (κ2) is 6.72. The molecule has 7 nitrogen and oxygen atoms in total. The Labute approximate surface area is 149 Å². The van der Waals surface area contributed by atoms with Crippen LogP contribution in [-0.2, 0) is 6.54 Å². The molecule has 0 saturated carbocycles. The summed E-state index contributed by atoms with van der Waals surface area (Å²) in [5, 5.41) is 2.87. The molecule has 0 aliphatic carbocycles. The van der Waals surface area contributed by atoms with Crippen LogP contribution in [0, 0.1) is 6.92 Å². The average Bonchev–Trinajstić information content (AvgIpc) is 3.12. The molecule has 4 rings (SSSR count). The van der Waals surface area contributed by atoms with Gasteiger partial charge in [-0.05, 0) is 36.8 Å². The van der Waals surface area contributed by atoms with Crippen molar-refractivity contribution >= 4 is 16.9 Å². The molecule has 4 aromatic rings. The van der Waals surface area contributed by atoms with E-state index in [1.165, 1.54) is 6.20 Å². The third-order valence-electron chi connectivity index (χ3n) is 4.02. The summed E-state index contributed by atoms with van der Waals surface area (Å²) in [6.07, 6.45) is 6.78. The van der Waals surface area contributed by atoms with Gasteiger partial charge in [0.05, 0.1) is 17.2 Å². The smallest absolute Gasteiger partial charge is 0.271 e. The summed E-state index contributed by atoms with van der Waals surface area (Å²) in [5.41, 5.74) is 2.69. The third-order valence-corrected chi connectivity index (χ3v) is 4.02. The van der Waals surface area contributed by atoms with Crippen LogP contribution in [0.1, 0.15) is 21.9 Å². The lowest BCUT2D eigenvalue weighted by molar-refractivity contribution is 0.0946. The largest absolute Gasteiger partial charge is 0.347 e. The number of amides is 1. The zero-order valence-corrected chi connectivity index (χ0v) is 14.1. The molecular formula is C19H16N6O. The Balaban J connectivity index is 1.49. The Morgan fingerprint density at radius 2 is 1.92 bits per heavy atom. The van der Waals surface area contributed by atoms with Crippen molar-refractivity contribution in [1.82, 2.24) is 29.8 Å². The van der Waals surface area contributed by atoms with Crippen LogP contribution in [0.15, 0.2) is 61.2 Å². The molecule has 26 heavy (non-hydrogen) atoms. The fourth-order valence-electron chi connectivity index (χ4n) is 2.66. The van der Waals surface area contributed by atoms with Crippen LogP contribution >= 0.6 is 0 Å². The molecule has 1 N–H and O–H groups in total. The lowest BCUT2D eigenvalue weighted by atomic mass is 10.2. The zero-order valence-electron chi connectivity index (χ0n) is 14.1. The van der Waals surface area contributed by atoms with Gasteiger partial charge in [0.15, 0.2) is 0 Å². The fourth-order valence-corrected chi connectivity index (χ4v) is 2.66. The van der Waals surface area contributed by atoms with Crippen LogP contribution in [-0.4, -0.2) is 30.4 Å². The summed E-state index contributed by atoms with van der Waals surface area (Å²) in [6.45, 7) is 2.28. The number of hydrogen-bond acceptors (Lipinski definition) is 5. The fraction of sp³-hybridized carbons (Fsp3) is 0.105. The van der Waals surface area contributed by atoms with Crippen molar-refractivity contribution < 1.29 is 4.79 Å². The Kier molecular flexibility index (Phi) is 4.10. The van der Waals surface area contributed by atoms with Crippen molar-refractivity contribution in [2.75, 3.05) is 0 Å². The van der Waals surface area contributed by atoms with Crippen molar-refractivity contribution in [2.24, 2.45) is 0 Å². The van der Waals surface area contributed by atoms with E-state index in [-0.39, 0.29) is 5.91 Å². The number of carbonyl (C=O) groups is 1. The third kappa shape index (κ3) is 3.14. The maximum absolute atomic E-state index is 12.4. The maximum atomic E-state index is 12.4. The quantitative estimate of drug-likeness (QED) is 0.614. The monoisotopic (exact) mass is 344 g/mol. The minimum atomic E-state index is -0.263. The highest BCUT2D eigenvalue weighted by Gasteiger charge is 2.09. The minimum absolute atomic E-state index is 0.263. The number of benzene rings is 1. The van der Waals surface area contributed by atoms with Gasteiger partial charge in [-0.15, -0.1) is 0 Å². The number of para-hydroxylation sites is 2. The molecule has 0 radical (unpaired) electrons. The lowest BCUT2D eigenvalue weighted by Crippen LogP contribution is -2.24. The summed E-state index contributed by atoms with van der Waals surface area (Å²) in [5.74, 6) is 1.35. The number of hydrogen-bond donors (Lipinski definition) is 1. The minimum Gasteiger partial charge on any atom is -0.347 e. The van der Waals surface area contributed by atoms with Crippen molar-refractivity contribution in [3.63, 3.8) is 0 Å². The number of aromatic nitrogens is 5. The van der Waals surface area contributed by atoms with E-state index in [9.17, 15) is 4.79 Å².